The normalized spacial score (nSPS) is 11.7. The first kappa shape index (κ1) is 16.2. The number of aromatic nitrogens is 2. The quantitative estimate of drug-likeness (QED) is 0.559. The van der Waals surface area contributed by atoms with E-state index in [1.165, 1.54) is 11.8 Å². The van der Waals surface area contributed by atoms with Crippen molar-refractivity contribution in [3.8, 4) is 11.1 Å². The molecule has 120 valence electrons. The molecule has 3 aromatic rings. The molecule has 0 unspecified atom stereocenters. The van der Waals surface area contributed by atoms with Crippen LogP contribution in [0.5, 0.6) is 0 Å². The van der Waals surface area contributed by atoms with E-state index >= 15 is 0 Å². The van der Waals surface area contributed by atoms with Crippen molar-refractivity contribution in [2.24, 2.45) is 0 Å². The van der Waals surface area contributed by atoms with Crippen LogP contribution < -0.4 is 5.32 Å². The van der Waals surface area contributed by atoms with E-state index in [-0.39, 0.29) is 11.2 Å². The molecule has 0 bridgehead atoms. The smallest absolute Gasteiger partial charge is 0.237 e. The summed E-state index contributed by atoms with van der Waals surface area (Å²) in [5.41, 5.74) is 2.87. The zero-order valence-corrected chi connectivity index (χ0v) is 14.0. The van der Waals surface area contributed by atoms with Crippen molar-refractivity contribution in [1.29, 1.82) is 0 Å². The third kappa shape index (κ3) is 4.00. The minimum atomic E-state index is -0.295. The molecule has 5 heteroatoms. The number of anilines is 1. The topological polar surface area (TPSA) is 54.9 Å². The molecular weight excluding hydrogens is 318 g/mol. The molecule has 0 aliphatic rings. The van der Waals surface area contributed by atoms with Crippen LogP contribution >= 0.6 is 11.8 Å². The highest BCUT2D eigenvalue weighted by Crippen LogP contribution is 2.28. The molecular formula is C19H17N3OS. The van der Waals surface area contributed by atoms with Gasteiger partial charge in [-0.1, -0.05) is 60.3 Å². The molecule has 0 spiro atoms. The number of nitrogens with zero attached hydrogens (tertiary/aromatic N) is 2. The van der Waals surface area contributed by atoms with Crippen LogP contribution in [0.15, 0.2) is 78.2 Å². The summed E-state index contributed by atoms with van der Waals surface area (Å²) >= 11 is 1.34. The van der Waals surface area contributed by atoms with Gasteiger partial charge >= 0.3 is 0 Å². The van der Waals surface area contributed by atoms with Gasteiger partial charge in [0.15, 0.2) is 5.16 Å². The van der Waals surface area contributed by atoms with E-state index in [0.29, 0.717) is 5.16 Å². The predicted molar refractivity (Wildman–Crippen MR) is 97.9 cm³/mol. The Kier molecular flexibility index (Phi) is 5.23. The van der Waals surface area contributed by atoms with Gasteiger partial charge in [-0.2, -0.15) is 0 Å². The van der Waals surface area contributed by atoms with Crippen LogP contribution in [0.3, 0.4) is 0 Å². The summed E-state index contributed by atoms with van der Waals surface area (Å²) in [4.78, 5) is 20.8. The lowest BCUT2D eigenvalue weighted by atomic mass is 10.0. The van der Waals surface area contributed by atoms with Crippen molar-refractivity contribution in [2.75, 3.05) is 5.32 Å². The van der Waals surface area contributed by atoms with Gasteiger partial charge in [0.25, 0.3) is 0 Å². The Balaban J connectivity index is 1.75. The summed E-state index contributed by atoms with van der Waals surface area (Å²) in [7, 11) is 0. The summed E-state index contributed by atoms with van der Waals surface area (Å²) in [5, 5.41) is 3.31. The van der Waals surface area contributed by atoms with Gasteiger partial charge in [-0.15, -0.1) is 0 Å². The molecule has 0 saturated heterocycles. The van der Waals surface area contributed by atoms with Gasteiger partial charge in [-0.25, -0.2) is 9.97 Å². The first-order chi connectivity index (χ1) is 11.7. The highest BCUT2D eigenvalue weighted by Gasteiger charge is 2.17. The molecule has 1 aromatic heterocycles. The van der Waals surface area contributed by atoms with Gasteiger partial charge in [-0.3, -0.25) is 4.79 Å². The van der Waals surface area contributed by atoms with E-state index in [1.54, 1.807) is 18.5 Å². The van der Waals surface area contributed by atoms with Crippen LogP contribution in [0.2, 0.25) is 0 Å². The predicted octanol–water partition coefficient (Wildman–Crippen LogP) is 4.26. The van der Waals surface area contributed by atoms with Gasteiger partial charge in [0.05, 0.1) is 5.25 Å². The van der Waals surface area contributed by atoms with E-state index in [9.17, 15) is 4.79 Å². The second-order valence-electron chi connectivity index (χ2n) is 5.19. The van der Waals surface area contributed by atoms with Gasteiger partial charge in [-0.05, 0) is 24.6 Å². The maximum atomic E-state index is 12.5. The SMILES string of the molecule is C[C@@H](Sc1ncccn1)C(=O)Nc1ccccc1-c1ccccc1. The van der Waals surface area contributed by atoms with Crippen molar-refractivity contribution >= 4 is 23.4 Å². The fourth-order valence-electron chi connectivity index (χ4n) is 2.25. The van der Waals surface area contributed by atoms with E-state index in [1.807, 2.05) is 61.5 Å². The number of thioether (sulfide) groups is 1. The standard InChI is InChI=1S/C19H17N3OS/c1-14(24-19-20-12-7-13-21-19)18(23)22-17-11-6-5-10-16(17)15-8-3-2-4-9-15/h2-14H,1H3,(H,22,23)/t14-/m1/s1. The van der Waals surface area contributed by atoms with Gasteiger partial charge in [0.2, 0.25) is 5.91 Å². The zero-order chi connectivity index (χ0) is 16.8. The molecule has 2 aromatic carbocycles. The Morgan fingerprint density at radius 1 is 0.958 bits per heavy atom. The minimum Gasteiger partial charge on any atom is -0.325 e. The van der Waals surface area contributed by atoms with E-state index in [0.717, 1.165) is 16.8 Å². The number of amides is 1. The van der Waals surface area contributed by atoms with Crippen molar-refractivity contribution in [3.05, 3.63) is 73.1 Å². The Bertz CT molecular complexity index is 809. The Hall–Kier alpha value is -2.66. The van der Waals surface area contributed by atoms with Crippen LogP contribution in [0.1, 0.15) is 6.92 Å². The molecule has 4 nitrogen and oxygen atoms in total. The second kappa shape index (κ2) is 7.75. The lowest BCUT2D eigenvalue weighted by molar-refractivity contribution is -0.115. The van der Waals surface area contributed by atoms with E-state index in [4.69, 9.17) is 0 Å². The molecule has 1 heterocycles. The van der Waals surface area contributed by atoms with Crippen LogP contribution in [-0.4, -0.2) is 21.1 Å². The van der Waals surface area contributed by atoms with Crippen molar-refractivity contribution in [3.63, 3.8) is 0 Å². The third-order valence-electron chi connectivity index (χ3n) is 3.46. The number of carbonyl (C=O) groups is 1. The average molecular weight is 335 g/mol. The summed E-state index contributed by atoms with van der Waals surface area (Å²) in [6.45, 7) is 1.85. The molecule has 0 saturated carbocycles. The third-order valence-corrected chi connectivity index (χ3v) is 4.45. The summed E-state index contributed by atoms with van der Waals surface area (Å²) in [5.74, 6) is -0.0733. The number of para-hydroxylation sites is 1. The Labute approximate surface area is 145 Å². The first-order valence-electron chi connectivity index (χ1n) is 7.63. The van der Waals surface area contributed by atoms with Crippen LogP contribution in [-0.2, 0) is 4.79 Å². The van der Waals surface area contributed by atoms with Gasteiger partial charge in [0, 0.05) is 23.6 Å². The average Bonchev–Trinajstić information content (AvgIpc) is 2.63. The molecule has 1 atom stereocenters. The molecule has 0 aliphatic carbocycles. The van der Waals surface area contributed by atoms with Gasteiger partial charge in [0.1, 0.15) is 0 Å². The molecule has 24 heavy (non-hydrogen) atoms. The summed E-state index contributed by atoms with van der Waals surface area (Å²) < 4.78 is 0. The number of hydrogen-bond acceptors (Lipinski definition) is 4. The maximum absolute atomic E-state index is 12.5. The Morgan fingerprint density at radius 2 is 1.62 bits per heavy atom. The van der Waals surface area contributed by atoms with Crippen molar-refractivity contribution in [1.82, 2.24) is 9.97 Å². The summed E-state index contributed by atoms with van der Waals surface area (Å²) in [6, 6.07) is 19.6. The number of carbonyl (C=O) groups excluding carboxylic acids is 1. The number of hydrogen-bond donors (Lipinski definition) is 1. The molecule has 1 N–H and O–H groups in total. The van der Waals surface area contributed by atoms with Crippen LogP contribution in [0.4, 0.5) is 5.69 Å². The number of benzene rings is 2. The monoisotopic (exact) mass is 335 g/mol. The first-order valence-corrected chi connectivity index (χ1v) is 8.51. The largest absolute Gasteiger partial charge is 0.325 e. The number of nitrogens with one attached hydrogen (secondary N) is 1. The fourth-order valence-corrected chi connectivity index (χ4v) is 2.98. The zero-order valence-electron chi connectivity index (χ0n) is 13.2. The molecule has 3 rings (SSSR count). The highest BCUT2D eigenvalue weighted by atomic mass is 32.2. The lowest BCUT2D eigenvalue weighted by Gasteiger charge is -2.14. The molecule has 0 fully saturated rings. The van der Waals surface area contributed by atoms with Crippen LogP contribution in [0, 0.1) is 0 Å². The van der Waals surface area contributed by atoms with E-state index in [2.05, 4.69) is 15.3 Å². The Morgan fingerprint density at radius 3 is 2.38 bits per heavy atom. The minimum absolute atomic E-state index is 0.0733. The number of rotatable bonds is 5. The van der Waals surface area contributed by atoms with Crippen LogP contribution in [0.25, 0.3) is 11.1 Å². The highest BCUT2D eigenvalue weighted by molar-refractivity contribution is 8.00. The molecule has 1 amide bonds. The lowest BCUT2D eigenvalue weighted by Crippen LogP contribution is -2.23. The molecule has 0 aliphatic heterocycles. The van der Waals surface area contributed by atoms with Crippen molar-refractivity contribution < 1.29 is 4.79 Å². The fraction of sp³-hybridized carbons (Fsp3) is 0.105. The van der Waals surface area contributed by atoms with Crippen molar-refractivity contribution in [2.45, 2.75) is 17.3 Å². The molecule has 0 radical (unpaired) electrons. The maximum Gasteiger partial charge on any atom is 0.237 e. The second-order valence-corrected chi connectivity index (χ2v) is 6.50. The van der Waals surface area contributed by atoms with E-state index < -0.39 is 0 Å². The van der Waals surface area contributed by atoms with Gasteiger partial charge < -0.3 is 5.32 Å². The summed E-state index contributed by atoms with van der Waals surface area (Å²) in [6.07, 6.45) is 3.34.